The number of carbonyl (C=O) groups excluding carboxylic acids is 3. The van der Waals surface area contributed by atoms with Crippen LogP contribution in [0.25, 0.3) is 0 Å². The number of para-hydroxylation sites is 1. The van der Waals surface area contributed by atoms with E-state index in [-0.39, 0.29) is 25.0 Å². The number of thiophene rings is 1. The number of alkyl halides is 3. The van der Waals surface area contributed by atoms with E-state index in [0.717, 1.165) is 10.4 Å². The molecule has 3 aromatic rings. The Morgan fingerprint density at radius 3 is 2.24 bits per heavy atom. The fraction of sp³-hybridized carbons (Fsp3) is 0.406. The van der Waals surface area contributed by atoms with Gasteiger partial charge in [-0.05, 0) is 63.1 Å². The molecule has 0 aliphatic carbocycles. The van der Waals surface area contributed by atoms with Crippen molar-refractivity contribution in [1.82, 2.24) is 16.0 Å². The van der Waals surface area contributed by atoms with Crippen molar-refractivity contribution in [2.45, 2.75) is 77.0 Å². The maximum absolute atomic E-state index is 13.6. The molecule has 0 fully saturated rings. The number of nitrogens with one attached hydrogen (secondary N) is 3. The second kappa shape index (κ2) is 16.7. The molecule has 1 aromatic heterocycles. The standard InChI is InChI=1S/C32H38F3N3O6S/c1-31(2,3)44-30(41)38-25(16-9-10-18-42-29(40)36-21-22-12-5-4-6-13-22)28(39)37-26(20-23-14-11-19-45-23)24-15-7-8-17-27(24)43-32(33,34)35/h4-8,11-15,17,19,25-26H,9-10,16,18,20-21H2,1-3H3,(H,36,40)(H,37,39)(H,38,41)/t25-,26?/m0/s1. The molecular formula is C32H38F3N3O6S. The summed E-state index contributed by atoms with van der Waals surface area (Å²) in [4.78, 5) is 39.1. The molecule has 2 atom stereocenters. The lowest BCUT2D eigenvalue weighted by Crippen LogP contribution is -2.49. The summed E-state index contributed by atoms with van der Waals surface area (Å²) in [5.41, 5.74) is 0.214. The van der Waals surface area contributed by atoms with E-state index in [0.29, 0.717) is 19.4 Å². The Bertz CT molecular complexity index is 1360. The number of rotatable bonds is 14. The third-order valence-corrected chi connectivity index (χ3v) is 7.13. The first-order chi connectivity index (χ1) is 21.3. The molecule has 1 heterocycles. The van der Waals surface area contributed by atoms with Crippen molar-refractivity contribution in [2.75, 3.05) is 6.61 Å². The Morgan fingerprint density at radius 1 is 0.867 bits per heavy atom. The zero-order valence-electron chi connectivity index (χ0n) is 25.3. The highest BCUT2D eigenvalue weighted by molar-refractivity contribution is 7.09. The van der Waals surface area contributed by atoms with Gasteiger partial charge in [-0.2, -0.15) is 0 Å². The summed E-state index contributed by atoms with van der Waals surface area (Å²) < 4.78 is 54.4. The predicted molar refractivity (Wildman–Crippen MR) is 164 cm³/mol. The van der Waals surface area contributed by atoms with Gasteiger partial charge in [0.25, 0.3) is 0 Å². The molecule has 3 amide bonds. The summed E-state index contributed by atoms with van der Waals surface area (Å²) >= 11 is 1.39. The lowest BCUT2D eigenvalue weighted by molar-refractivity contribution is -0.275. The van der Waals surface area contributed by atoms with Gasteiger partial charge in [0.15, 0.2) is 0 Å². The van der Waals surface area contributed by atoms with E-state index in [4.69, 9.17) is 9.47 Å². The highest BCUT2D eigenvalue weighted by atomic mass is 32.1. The monoisotopic (exact) mass is 649 g/mol. The van der Waals surface area contributed by atoms with Crippen LogP contribution in [0.4, 0.5) is 22.8 Å². The van der Waals surface area contributed by atoms with Gasteiger partial charge in [-0.1, -0.05) is 54.6 Å². The van der Waals surface area contributed by atoms with E-state index in [1.807, 2.05) is 41.8 Å². The molecule has 0 aliphatic heterocycles. The van der Waals surface area contributed by atoms with E-state index < -0.39 is 47.9 Å². The van der Waals surface area contributed by atoms with Crippen molar-refractivity contribution in [3.63, 3.8) is 0 Å². The molecule has 13 heteroatoms. The third kappa shape index (κ3) is 13.5. The maximum atomic E-state index is 13.6. The minimum Gasteiger partial charge on any atom is -0.450 e. The van der Waals surface area contributed by atoms with Crippen LogP contribution in [0.5, 0.6) is 5.75 Å². The number of hydrogen-bond acceptors (Lipinski definition) is 7. The van der Waals surface area contributed by atoms with Gasteiger partial charge < -0.3 is 30.2 Å². The van der Waals surface area contributed by atoms with Crippen molar-refractivity contribution in [1.29, 1.82) is 0 Å². The number of carbonyl (C=O) groups is 3. The van der Waals surface area contributed by atoms with Crippen LogP contribution < -0.4 is 20.7 Å². The van der Waals surface area contributed by atoms with Crippen LogP contribution in [-0.4, -0.2) is 42.7 Å². The second-order valence-corrected chi connectivity index (χ2v) is 12.1. The number of unbranched alkanes of at least 4 members (excludes halogenated alkanes) is 1. The van der Waals surface area contributed by atoms with E-state index in [1.54, 1.807) is 32.9 Å². The molecule has 0 spiro atoms. The van der Waals surface area contributed by atoms with Crippen molar-refractivity contribution < 1.29 is 41.8 Å². The van der Waals surface area contributed by atoms with E-state index >= 15 is 0 Å². The van der Waals surface area contributed by atoms with Gasteiger partial charge in [0.2, 0.25) is 5.91 Å². The molecule has 0 saturated heterocycles. The summed E-state index contributed by atoms with van der Waals surface area (Å²) in [6, 6.07) is 16.5. The van der Waals surface area contributed by atoms with Gasteiger partial charge in [-0.15, -0.1) is 24.5 Å². The fourth-order valence-electron chi connectivity index (χ4n) is 4.28. The van der Waals surface area contributed by atoms with E-state index in [1.165, 1.54) is 29.5 Å². The van der Waals surface area contributed by atoms with Crippen molar-refractivity contribution >= 4 is 29.4 Å². The van der Waals surface area contributed by atoms with Crippen molar-refractivity contribution in [3.8, 4) is 5.75 Å². The Morgan fingerprint density at radius 2 is 1.58 bits per heavy atom. The molecule has 0 saturated carbocycles. The van der Waals surface area contributed by atoms with E-state index in [9.17, 15) is 27.6 Å². The number of ether oxygens (including phenoxy) is 3. The van der Waals surface area contributed by atoms with Crippen LogP contribution in [0.15, 0.2) is 72.1 Å². The zero-order valence-corrected chi connectivity index (χ0v) is 26.1. The number of alkyl carbamates (subject to hydrolysis) is 2. The van der Waals surface area contributed by atoms with Gasteiger partial charge in [-0.3, -0.25) is 4.79 Å². The molecule has 9 nitrogen and oxygen atoms in total. The van der Waals surface area contributed by atoms with E-state index in [2.05, 4.69) is 20.7 Å². The maximum Gasteiger partial charge on any atom is 0.573 e. The first kappa shape index (κ1) is 35.2. The summed E-state index contributed by atoms with van der Waals surface area (Å²) in [6.07, 6.45) is -5.25. The molecule has 45 heavy (non-hydrogen) atoms. The lowest BCUT2D eigenvalue weighted by atomic mass is 10.0. The number of benzene rings is 2. The van der Waals surface area contributed by atoms with Crippen LogP contribution in [0, 0.1) is 0 Å². The fourth-order valence-corrected chi connectivity index (χ4v) is 5.03. The minimum atomic E-state index is -4.94. The smallest absolute Gasteiger partial charge is 0.450 e. The van der Waals surface area contributed by atoms with Crippen molar-refractivity contribution in [3.05, 3.63) is 88.1 Å². The van der Waals surface area contributed by atoms with Crippen LogP contribution >= 0.6 is 11.3 Å². The van der Waals surface area contributed by atoms with Crippen LogP contribution in [0.3, 0.4) is 0 Å². The van der Waals surface area contributed by atoms with Gasteiger partial charge in [0, 0.05) is 23.4 Å². The molecule has 0 bridgehead atoms. The molecule has 3 rings (SSSR count). The number of hydrogen-bond donors (Lipinski definition) is 3. The minimum absolute atomic E-state index is 0.0740. The van der Waals surface area contributed by atoms with Crippen LogP contribution in [-0.2, 0) is 27.2 Å². The first-order valence-corrected chi connectivity index (χ1v) is 15.3. The SMILES string of the molecule is CC(C)(C)OC(=O)N[C@@H](CCCCOC(=O)NCc1ccccc1)C(=O)NC(Cc1cccs1)c1ccccc1OC(F)(F)F. The molecule has 3 N–H and O–H groups in total. The summed E-state index contributed by atoms with van der Waals surface area (Å²) in [7, 11) is 0. The highest BCUT2D eigenvalue weighted by Crippen LogP contribution is 2.32. The Kier molecular flexibility index (Phi) is 13.1. The summed E-state index contributed by atoms with van der Waals surface area (Å²) in [5.74, 6) is -1.06. The van der Waals surface area contributed by atoms with Gasteiger partial charge in [-0.25, -0.2) is 9.59 Å². The lowest BCUT2D eigenvalue weighted by Gasteiger charge is -2.26. The molecule has 2 aromatic carbocycles. The first-order valence-electron chi connectivity index (χ1n) is 14.4. The average molecular weight is 650 g/mol. The molecule has 244 valence electrons. The number of halogens is 3. The van der Waals surface area contributed by atoms with Gasteiger partial charge in [0.1, 0.15) is 17.4 Å². The predicted octanol–water partition coefficient (Wildman–Crippen LogP) is 7.04. The van der Waals surface area contributed by atoms with Crippen molar-refractivity contribution in [2.24, 2.45) is 0 Å². The number of amides is 3. The van der Waals surface area contributed by atoms with Gasteiger partial charge in [0.05, 0.1) is 12.6 Å². The Labute approximate surface area is 264 Å². The second-order valence-electron chi connectivity index (χ2n) is 11.1. The summed E-state index contributed by atoms with van der Waals surface area (Å²) in [5, 5.41) is 9.87. The average Bonchev–Trinajstić information content (AvgIpc) is 3.47. The molecule has 0 radical (unpaired) electrons. The Balaban J connectivity index is 1.67. The quantitative estimate of drug-likeness (QED) is 0.162. The van der Waals surface area contributed by atoms with Gasteiger partial charge >= 0.3 is 18.5 Å². The van der Waals surface area contributed by atoms with Crippen LogP contribution in [0.2, 0.25) is 0 Å². The molecule has 1 unspecified atom stereocenters. The third-order valence-electron chi connectivity index (χ3n) is 6.23. The molecule has 0 aliphatic rings. The largest absolute Gasteiger partial charge is 0.573 e. The normalized spacial score (nSPS) is 12.8. The topological polar surface area (TPSA) is 115 Å². The highest BCUT2D eigenvalue weighted by Gasteiger charge is 2.34. The van der Waals surface area contributed by atoms with Crippen LogP contribution in [0.1, 0.15) is 62.1 Å². The summed E-state index contributed by atoms with van der Waals surface area (Å²) in [6.45, 7) is 5.42. The Hall–Kier alpha value is -4.26. The molecular weight excluding hydrogens is 611 g/mol. The zero-order chi connectivity index (χ0) is 32.9.